The predicted molar refractivity (Wildman–Crippen MR) is 117 cm³/mol. The molecule has 4 rings (SSSR count). The molecule has 0 unspecified atom stereocenters. The Morgan fingerprint density at radius 2 is 1.67 bits per heavy atom. The van der Waals surface area contributed by atoms with E-state index in [9.17, 15) is 9.59 Å². The zero-order chi connectivity index (χ0) is 21.1. The Labute approximate surface area is 178 Å². The third-order valence-electron chi connectivity index (χ3n) is 4.63. The van der Waals surface area contributed by atoms with E-state index in [-0.39, 0.29) is 17.2 Å². The summed E-state index contributed by atoms with van der Waals surface area (Å²) in [5.74, 6) is -0.774. The maximum Gasteiger partial charge on any atom is 0.343 e. The fourth-order valence-corrected chi connectivity index (χ4v) is 3.28. The maximum absolute atomic E-state index is 13.1. The predicted octanol–water partition coefficient (Wildman–Crippen LogP) is 5.67. The van der Waals surface area contributed by atoms with Crippen LogP contribution in [0.25, 0.3) is 10.9 Å². The minimum atomic E-state index is -0.571. The van der Waals surface area contributed by atoms with E-state index in [0.717, 1.165) is 5.39 Å². The molecule has 1 aromatic heterocycles. The van der Waals surface area contributed by atoms with Gasteiger partial charge in [-0.25, -0.2) is 4.79 Å². The van der Waals surface area contributed by atoms with Crippen LogP contribution < -0.4 is 10.1 Å². The molecule has 0 aliphatic carbocycles. The lowest BCUT2D eigenvalue weighted by Gasteiger charge is -2.14. The van der Waals surface area contributed by atoms with Crippen LogP contribution in [0.4, 0.5) is 5.69 Å². The molecule has 5 nitrogen and oxygen atoms in total. The lowest BCUT2D eigenvalue weighted by molar-refractivity contribution is 0.0733. The third-order valence-corrected chi connectivity index (χ3v) is 4.88. The molecule has 0 bridgehead atoms. The molecule has 1 heterocycles. The van der Waals surface area contributed by atoms with Crippen molar-refractivity contribution in [3.05, 3.63) is 101 Å². The Hall–Kier alpha value is -3.70. The van der Waals surface area contributed by atoms with Crippen molar-refractivity contribution < 1.29 is 14.3 Å². The number of halogens is 1. The number of aryl methyl sites for hydroxylation is 1. The Bertz CT molecular complexity index is 1250. The van der Waals surface area contributed by atoms with Crippen LogP contribution in [0.1, 0.15) is 26.3 Å². The molecule has 1 amide bonds. The van der Waals surface area contributed by atoms with Crippen molar-refractivity contribution in [3.63, 3.8) is 0 Å². The molecule has 0 atom stereocenters. The Kier molecular flexibility index (Phi) is 5.46. The standard InChI is InChI=1S/C24H17ClN2O3/c1-15-5-2-9-20(30-24(29)17-10-12-18(25)13-11-17)21(15)23(28)27-19-8-3-6-16-7-4-14-26-22(16)19/h2-14H,1H3,(H,27,28). The van der Waals surface area contributed by atoms with Gasteiger partial charge < -0.3 is 10.1 Å². The molecule has 0 aliphatic rings. The molecular weight excluding hydrogens is 400 g/mol. The highest BCUT2D eigenvalue weighted by molar-refractivity contribution is 6.30. The van der Waals surface area contributed by atoms with Crippen LogP contribution in [0.3, 0.4) is 0 Å². The van der Waals surface area contributed by atoms with Crippen molar-refractivity contribution in [1.82, 2.24) is 4.98 Å². The monoisotopic (exact) mass is 416 g/mol. The maximum atomic E-state index is 13.1. The van der Waals surface area contributed by atoms with Crippen LogP contribution in [0, 0.1) is 6.92 Å². The highest BCUT2D eigenvalue weighted by atomic mass is 35.5. The Morgan fingerprint density at radius 3 is 2.47 bits per heavy atom. The first kappa shape index (κ1) is 19.6. The molecular formula is C24H17ClN2O3. The number of pyridine rings is 1. The molecule has 0 radical (unpaired) electrons. The van der Waals surface area contributed by atoms with Crippen LogP contribution in [0.15, 0.2) is 79.0 Å². The average molecular weight is 417 g/mol. The molecule has 0 saturated heterocycles. The van der Waals surface area contributed by atoms with Crippen LogP contribution in [-0.4, -0.2) is 16.9 Å². The van der Waals surface area contributed by atoms with Crippen molar-refractivity contribution in [1.29, 1.82) is 0 Å². The Morgan fingerprint density at radius 1 is 0.933 bits per heavy atom. The highest BCUT2D eigenvalue weighted by Crippen LogP contribution is 2.27. The van der Waals surface area contributed by atoms with Gasteiger partial charge in [-0.05, 0) is 55.0 Å². The molecule has 0 aliphatic heterocycles. The zero-order valence-electron chi connectivity index (χ0n) is 16.1. The van der Waals surface area contributed by atoms with E-state index in [2.05, 4.69) is 10.3 Å². The van der Waals surface area contributed by atoms with Gasteiger partial charge in [0.25, 0.3) is 5.91 Å². The summed E-state index contributed by atoms with van der Waals surface area (Å²) in [7, 11) is 0. The number of nitrogens with zero attached hydrogens (tertiary/aromatic N) is 1. The van der Waals surface area contributed by atoms with E-state index in [4.69, 9.17) is 16.3 Å². The first-order valence-electron chi connectivity index (χ1n) is 9.25. The van der Waals surface area contributed by atoms with E-state index < -0.39 is 5.97 Å². The molecule has 0 spiro atoms. The van der Waals surface area contributed by atoms with Crippen molar-refractivity contribution in [2.24, 2.45) is 0 Å². The highest BCUT2D eigenvalue weighted by Gasteiger charge is 2.19. The molecule has 0 saturated carbocycles. The van der Waals surface area contributed by atoms with Crippen molar-refractivity contribution in [2.75, 3.05) is 5.32 Å². The third kappa shape index (κ3) is 4.02. The number of rotatable bonds is 4. The fourth-order valence-electron chi connectivity index (χ4n) is 3.15. The van der Waals surface area contributed by atoms with Gasteiger partial charge in [-0.15, -0.1) is 0 Å². The summed E-state index contributed by atoms with van der Waals surface area (Å²) in [6.45, 7) is 1.79. The summed E-state index contributed by atoms with van der Waals surface area (Å²) in [6.07, 6.45) is 1.67. The van der Waals surface area contributed by atoms with Gasteiger partial charge in [0.15, 0.2) is 0 Å². The molecule has 1 N–H and O–H groups in total. The number of carbonyl (C=O) groups is 2. The molecule has 6 heteroatoms. The summed E-state index contributed by atoms with van der Waals surface area (Å²) in [4.78, 5) is 30.0. The lowest BCUT2D eigenvalue weighted by atomic mass is 10.1. The topological polar surface area (TPSA) is 68.3 Å². The quantitative estimate of drug-likeness (QED) is 0.344. The minimum Gasteiger partial charge on any atom is -0.422 e. The number of benzene rings is 3. The Balaban J connectivity index is 1.64. The van der Waals surface area contributed by atoms with Gasteiger partial charge in [0.2, 0.25) is 0 Å². The largest absolute Gasteiger partial charge is 0.422 e. The van der Waals surface area contributed by atoms with Crippen LogP contribution in [0.5, 0.6) is 5.75 Å². The molecule has 4 aromatic rings. The van der Waals surface area contributed by atoms with E-state index in [1.165, 1.54) is 0 Å². The second-order valence-corrected chi connectivity index (χ2v) is 7.12. The SMILES string of the molecule is Cc1cccc(OC(=O)c2ccc(Cl)cc2)c1C(=O)Nc1cccc2cccnc12. The molecule has 30 heavy (non-hydrogen) atoms. The number of hydrogen-bond donors (Lipinski definition) is 1. The van der Waals surface area contributed by atoms with Crippen molar-refractivity contribution in [3.8, 4) is 5.75 Å². The fraction of sp³-hybridized carbons (Fsp3) is 0.0417. The first-order chi connectivity index (χ1) is 14.5. The smallest absolute Gasteiger partial charge is 0.343 e. The number of hydrogen-bond acceptors (Lipinski definition) is 4. The molecule has 0 fully saturated rings. The number of para-hydroxylation sites is 1. The average Bonchev–Trinajstić information content (AvgIpc) is 2.74. The van der Waals surface area contributed by atoms with Crippen molar-refractivity contribution in [2.45, 2.75) is 6.92 Å². The van der Waals surface area contributed by atoms with Gasteiger partial charge in [-0.1, -0.05) is 41.9 Å². The van der Waals surface area contributed by atoms with E-state index in [0.29, 0.717) is 27.4 Å². The van der Waals surface area contributed by atoms with Gasteiger partial charge in [0.05, 0.1) is 22.3 Å². The number of aromatic nitrogens is 1. The van der Waals surface area contributed by atoms with Gasteiger partial charge in [-0.3, -0.25) is 9.78 Å². The number of ether oxygens (including phenoxy) is 1. The summed E-state index contributed by atoms with van der Waals surface area (Å²) in [5.41, 5.74) is 2.57. The van der Waals surface area contributed by atoms with Crippen LogP contribution in [-0.2, 0) is 0 Å². The van der Waals surface area contributed by atoms with Crippen molar-refractivity contribution >= 4 is 40.1 Å². The summed E-state index contributed by atoms with van der Waals surface area (Å²) < 4.78 is 5.54. The summed E-state index contributed by atoms with van der Waals surface area (Å²) in [6, 6.07) is 20.8. The summed E-state index contributed by atoms with van der Waals surface area (Å²) in [5, 5.41) is 4.32. The lowest BCUT2D eigenvalue weighted by Crippen LogP contribution is -2.17. The number of anilines is 1. The van der Waals surface area contributed by atoms with Crippen LogP contribution in [0.2, 0.25) is 5.02 Å². The van der Waals surface area contributed by atoms with Gasteiger partial charge in [0, 0.05) is 16.6 Å². The second kappa shape index (κ2) is 8.35. The number of nitrogens with one attached hydrogen (secondary N) is 1. The number of amides is 1. The summed E-state index contributed by atoms with van der Waals surface area (Å²) >= 11 is 5.87. The second-order valence-electron chi connectivity index (χ2n) is 6.68. The molecule has 3 aromatic carbocycles. The van der Waals surface area contributed by atoms with E-state index in [1.54, 1.807) is 61.7 Å². The zero-order valence-corrected chi connectivity index (χ0v) is 16.8. The van der Waals surface area contributed by atoms with Gasteiger partial charge >= 0.3 is 5.97 Å². The molecule has 148 valence electrons. The normalized spacial score (nSPS) is 10.6. The first-order valence-corrected chi connectivity index (χ1v) is 9.63. The van der Waals surface area contributed by atoms with Gasteiger partial charge in [0.1, 0.15) is 5.75 Å². The number of fused-ring (bicyclic) bond motifs is 1. The number of esters is 1. The van der Waals surface area contributed by atoms with E-state index >= 15 is 0 Å². The minimum absolute atomic E-state index is 0.181. The van der Waals surface area contributed by atoms with E-state index in [1.807, 2.05) is 24.3 Å². The van der Waals surface area contributed by atoms with Gasteiger partial charge in [-0.2, -0.15) is 0 Å². The number of carbonyl (C=O) groups excluding carboxylic acids is 2. The van der Waals surface area contributed by atoms with Crippen LogP contribution >= 0.6 is 11.6 Å².